The Labute approximate surface area is 131 Å². The molecule has 3 rings (SSSR count). The first-order chi connectivity index (χ1) is 11.1. The van der Waals surface area contributed by atoms with E-state index in [1.54, 1.807) is 0 Å². The van der Waals surface area contributed by atoms with Gasteiger partial charge in [-0.2, -0.15) is 0 Å². The summed E-state index contributed by atoms with van der Waals surface area (Å²) in [6, 6.07) is 2.57. The fourth-order valence-electron chi connectivity index (χ4n) is 2.36. The van der Waals surface area contributed by atoms with Crippen molar-refractivity contribution < 1.29 is 13.6 Å². The Morgan fingerprint density at radius 1 is 1.04 bits per heavy atom. The van der Waals surface area contributed by atoms with Crippen molar-refractivity contribution in [2.45, 2.75) is 12.8 Å². The third kappa shape index (κ3) is 3.53. The Morgan fingerprint density at radius 3 is 2.26 bits per heavy atom. The number of nitrogens with zero attached hydrogens (tertiary/aromatic N) is 3. The van der Waals surface area contributed by atoms with Gasteiger partial charge >= 0.3 is 6.03 Å². The van der Waals surface area contributed by atoms with Crippen LogP contribution in [0.1, 0.15) is 12.8 Å². The van der Waals surface area contributed by atoms with Crippen molar-refractivity contribution in [3.63, 3.8) is 0 Å². The monoisotopic (exact) mass is 319 g/mol. The summed E-state index contributed by atoms with van der Waals surface area (Å²) in [5.41, 5.74) is -0.165. The van der Waals surface area contributed by atoms with Crippen molar-refractivity contribution in [2.75, 3.05) is 28.6 Å². The third-order valence-corrected chi connectivity index (χ3v) is 3.49. The lowest BCUT2D eigenvalue weighted by molar-refractivity contribution is 0.262. The summed E-state index contributed by atoms with van der Waals surface area (Å²) >= 11 is 0. The maximum atomic E-state index is 13.5. The SMILES string of the molecule is O=C(Nc1cnc(N2CCCC2)nc1)Nc1c(F)cccc1F. The van der Waals surface area contributed by atoms with E-state index in [0.717, 1.165) is 38.1 Å². The number of aromatic nitrogens is 2. The highest BCUT2D eigenvalue weighted by atomic mass is 19.1. The van der Waals surface area contributed by atoms with Crippen LogP contribution in [-0.2, 0) is 0 Å². The second kappa shape index (κ2) is 6.55. The number of hydrogen-bond donors (Lipinski definition) is 2. The summed E-state index contributed by atoms with van der Waals surface area (Å²) in [7, 11) is 0. The quantitative estimate of drug-likeness (QED) is 0.912. The molecule has 1 aliphatic rings. The molecule has 23 heavy (non-hydrogen) atoms. The molecule has 120 valence electrons. The van der Waals surface area contributed by atoms with Gasteiger partial charge in [0.15, 0.2) is 0 Å². The third-order valence-electron chi connectivity index (χ3n) is 3.49. The molecule has 0 bridgehead atoms. The number of para-hydroxylation sites is 1. The molecule has 0 saturated carbocycles. The van der Waals surface area contributed by atoms with Crippen LogP contribution in [0.4, 0.5) is 30.9 Å². The van der Waals surface area contributed by atoms with Crippen LogP contribution in [0, 0.1) is 11.6 Å². The summed E-state index contributed by atoms with van der Waals surface area (Å²) < 4.78 is 26.9. The Hall–Kier alpha value is -2.77. The number of carbonyl (C=O) groups excluding carboxylic acids is 1. The van der Waals surface area contributed by atoms with E-state index in [1.807, 2.05) is 0 Å². The number of amides is 2. The van der Waals surface area contributed by atoms with E-state index in [-0.39, 0.29) is 0 Å². The first kappa shape index (κ1) is 15.1. The number of carbonyl (C=O) groups is 1. The van der Waals surface area contributed by atoms with Crippen LogP contribution in [0.5, 0.6) is 0 Å². The van der Waals surface area contributed by atoms with Crippen molar-refractivity contribution >= 4 is 23.4 Å². The lowest BCUT2D eigenvalue weighted by atomic mass is 10.3. The molecule has 1 saturated heterocycles. The van der Waals surface area contributed by atoms with Crippen molar-refractivity contribution in [2.24, 2.45) is 0 Å². The molecule has 1 aliphatic heterocycles. The first-order valence-corrected chi connectivity index (χ1v) is 7.22. The maximum absolute atomic E-state index is 13.5. The van der Waals surface area contributed by atoms with Crippen LogP contribution < -0.4 is 15.5 Å². The molecule has 0 unspecified atom stereocenters. The fraction of sp³-hybridized carbons (Fsp3) is 0.267. The van der Waals surface area contributed by atoms with E-state index in [1.165, 1.54) is 18.5 Å². The van der Waals surface area contributed by atoms with Crippen LogP contribution in [0.15, 0.2) is 30.6 Å². The Kier molecular flexibility index (Phi) is 4.31. The normalized spacial score (nSPS) is 13.9. The number of urea groups is 1. The molecule has 1 aromatic carbocycles. The fourth-order valence-corrected chi connectivity index (χ4v) is 2.36. The van der Waals surface area contributed by atoms with E-state index in [4.69, 9.17) is 0 Å². The molecule has 2 amide bonds. The Morgan fingerprint density at radius 2 is 1.65 bits per heavy atom. The van der Waals surface area contributed by atoms with Gasteiger partial charge in [0.2, 0.25) is 5.95 Å². The summed E-state index contributed by atoms with van der Waals surface area (Å²) in [6.07, 6.45) is 5.13. The summed E-state index contributed by atoms with van der Waals surface area (Å²) in [5, 5.41) is 4.57. The number of benzene rings is 1. The largest absolute Gasteiger partial charge is 0.341 e. The minimum absolute atomic E-state index is 0.335. The van der Waals surface area contributed by atoms with Crippen molar-refractivity contribution in [1.29, 1.82) is 0 Å². The zero-order valence-corrected chi connectivity index (χ0v) is 12.2. The molecule has 6 nitrogen and oxygen atoms in total. The first-order valence-electron chi connectivity index (χ1n) is 7.22. The number of anilines is 3. The molecule has 1 fully saturated rings. The Bertz CT molecular complexity index is 681. The second-order valence-electron chi connectivity index (χ2n) is 5.14. The van der Waals surface area contributed by atoms with Crippen molar-refractivity contribution in [3.8, 4) is 0 Å². The zero-order chi connectivity index (χ0) is 16.2. The van der Waals surface area contributed by atoms with Gasteiger partial charge in [-0.25, -0.2) is 23.5 Å². The highest BCUT2D eigenvalue weighted by Gasteiger charge is 2.15. The highest BCUT2D eigenvalue weighted by Crippen LogP contribution is 2.19. The minimum Gasteiger partial charge on any atom is -0.341 e. The zero-order valence-electron chi connectivity index (χ0n) is 12.2. The van der Waals surface area contributed by atoms with Gasteiger partial charge in [0, 0.05) is 13.1 Å². The molecular formula is C15H15F2N5O. The molecule has 2 N–H and O–H groups in total. The Balaban J connectivity index is 1.63. The molecule has 0 spiro atoms. The lowest BCUT2D eigenvalue weighted by Crippen LogP contribution is -2.22. The summed E-state index contributed by atoms with van der Waals surface area (Å²) in [5.74, 6) is -1.09. The van der Waals surface area contributed by atoms with Gasteiger partial charge in [-0.3, -0.25) is 0 Å². The number of nitrogens with one attached hydrogen (secondary N) is 2. The molecule has 2 aromatic rings. The van der Waals surface area contributed by atoms with Gasteiger partial charge in [-0.1, -0.05) is 6.07 Å². The standard InChI is InChI=1S/C15H15F2N5O/c16-11-4-3-5-12(17)13(11)21-15(23)20-10-8-18-14(19-9-10)22-6-1-2-7-22/h3-5,8-9H,1-2,6-7H2,(H2,20,21,23). The number of halogens is 2. The van der Waals surface area contributed by atoms with Crippen molar-refractivity contribution in [3.05, 3.63) is 42.2 Å². The van der Waals surface area contributed by atoms with E-state index in [2.05, 4.69) is 25.5 Å². The molecular weight excluding hydrogens is 304 g/mol. The lowest BCUT2D eigenvalue weighted by Gasteiger charge is -2.15. The maximum Gasteiger partial charge on any atom is 0.323 e. The summed E-state index contributed by atoms with van der Waals surface area (Å²) in [6.45, 7) is 1.83. The molecule has 0 aliphatic carbocycles. The van der Waals surface area contributed by atoms with Gasteiger partial charge in [0.1, 0.15) is 17.3 Å². The van der Waals surface area contributed by atoms with Crippen LogP contribution in [0.25, 0.3) is 0 Å². The topological polar surface area (TPSA) is 70.2 Å². The summed E-state index contributed by atoms with van der Waals surface area (Å²) in [4.78, 5) is 22.2. The van der Waals surface area contributed by atoms with Gasteiger partial charge in [-0.15, -0.1) is 0 Å². The highest BCUT2D eigenvalue weighted by molar-refractivity contribution is 5.99. The van der Waals surface area contributed by atoms with E-state index < -0.39 is 23.4 Å². The molecule has 0 atom stereocenters. The smallest absolute Gasteiger partial charge is 0.323 e. The average Bonchev–Trinajstić information content (AvgIpc) is 3.06. The van der Waals surface area contributed by atoms with Crippen molar-refractivity contribution in [1.82, 2.24) is 9.97 Å². The van der Waals surface area contributed by atoms with Crippen LogP contribution >= 0.6 is 0 Å². The van der Waals surface area contributed by atoms with Gasteiger partial charge in [0.25, 0.3) is 0 Å². The molecule has 1 aromatic heterocycles. The van der Waals surface area contributed by atoms with Gasteiger partial charge in [0.05, 0.1) is 18.1 Å². The van der Waals surface area contributed by atoms with Gasteiger partial charge < -0.3 is 15.5 Å². The minimum atomic E-state index is -0.846. The van der Waals surface area contributed by atoms with E-state index >= 15 is 0 Å². The van der Waals surface area contributed by atoms with Crippen LogP contribution in [0.2, 0.25) is 0 Å². The molecule has 0 radical (unpaired) electrons. The predicted molar refractivity (Wildman–Crippen MR) is 82.5 cm³/mol. The van der Waals surface area contributed by atoms with Crippen LogP contribution in [0.3, 0.4) is 0 Å². The molecule has 2 heterocycles. The number of hydrogen-bond acceptors (Lipinski definition) is 4. The molecule has 8 heteroatoms. The number of rotatable bonds is 3. The van der Waals surface area contributed by atoms with E-state index in [9.17, 15) is 13.6 Å². The van der Waals surface area contributed by atoms with E-state index in [0.29, 0.717) is 11.6 Å². The van der Waals surface area contributed by atoms with Crippen LogP contribution in [-0.4, -0.2) is 29.1 Å². The predicted octanol–water partition coefficient (Wildman–Crippen LogP) is 3.00. The second-order valence-corrected chi connectivity index (χ2v) is 5.14. The van der Waals surface area contributed by atoms with Gasteiger partial charge in [-0.05, 0) is 25.0 Å². The average molecular weight is 319 g/mol.